The number of rotatable bonds is 15. The number of aliphatic hydroxyl groups excluding tert-OH is 4. The number of aliphatic hydroxyl groups is 4. The molecular formula is C36H54N4O10. The highest BCUT2D eigenvalue weighted by molar-refractivity contribution is 5.90. The molecule has 0 aromatic heterocycles. The molecule has 2 aromatic rings. The lowest BCUT2D eigenvalue weighted by molar-refractivity contribution is -0.172. The molecule has 0 aliphatic heterocycles. The first kappa shape index (κ1) is 45.6. The van der Waals surface area contributed by atoms with E-state index in [1.54, 1.807) is 0 Å². The number of benzene rings is 2. The van der Waals surface area contributed by atoms with Crippen LogP contribution in [0.2, 0.25) is 0 Å². The fourth-order valence-corrected chi connectivity index (χ4v) is 3.85. The SMILES string of the molecule is CNC(C)C/C=C/c1ccc(C)c(NC(C)=O)c1.CNC(C)C/C=C/c1ccc(C)c(NC(C)=O)c1.O=C(O)[C@@H](O)[C@H](O)[C@H](O)[C@@H](O)C(=O)O. The van der Waals surface area contributed by atoms with E-state index in [0.717, 1.165) is 46.5 Å². The Morgan fingerprint density at radius 3 is 1.22 bits per heavy atom. The number of aryl methyl sites for hydroxylation is 2. The van der Waals surface area contributed by atoms with Crippen LogP contribution in [0.25, 0.3) is 12.2 Å². The lowest BCUT2D eigenvalue weighted by Crippen LogP contribution is -2.49. The van der Waals surface area contributed by atoms with Crippen molar-refractivity contribution in [1.29, 1.82) is 0 Å². The minimum Gasteiger partial charge on any atom is -0.479 e. The van der Waals surface area contributed by atoms with Crippen LogP contribution in [0.3, 0.4) is 0 Å². The normalized spacial score (nSPS) is 14.6. The van der Waals surface area contributed by atoms with Crippen molar-refractivity contribution in [3.05, 3.63) is 70.8 Å². The number of nitrogens with one attached hydrogen (secondary N) is 4. The molecule has 0 fully saturated rings. The molecule has 0 heterocycles. The average Bonchev–Trinajstić information content (AvgIpc) is 3.06. The number of carboxylic acid groups (broad SMARTS) is 2. The molecule has 2 rings (SSSR count). The molecule has 50 heavy (non-hydrogen) atoms. The Bertz CT molecular complexity index is 1340. The van der Waals surface area contributed by atoms with Gasteiger partial charge in [-0.25, -0.2) is 9.59 Å². The molecule has 278 valence electrons. The summed E-state index contributed by atoms with van der Waals surface area (Å²) >= 11 is 0. The van der Waals surface area contributed by atoms with Gasteiger partial charge >= 0.3 is 11.9 Å². The Balaban J connectivity index is 0.000000728. The molecule has 0 bridgehead atoms. The van der Waals surface area contributed by atoms with Crippen molar-refractivity contribution in [3.63, 3.8) is 0 Å². The zero-order chi connectivity index (χ0) is 38.6. The monoisotopic (exact) mass is 702 g/mol. The Morgan fingerprint density at radius 1 is 0.640 bits per heavy atom. The molecule has 0 radical (unpaired) electrons. The van der Waals surface area contributed by atoms with Gasteiger partial charge in [0.15, 0.2) is 12.2 Å². The molecule has 0 aliphatic rings. The summed E-state index contributed by atoms with van der Waals surface area (Å²) in [5.41, 5.74) is 6.12. The molecule has 0 aliphatic carbocycles. The van der Waals surface area contributed by atoms with Crippen molar-refractivity contribution in [2.45, 2.75) is 90.9 Å². The van der Waals surface area contributed by atoms with Crippen LogP contribution >= 0.6 is 0 Å². The van der Waals surface area contributed by atoms with Crippen molar-refractivity contribution < 1.29 is 49.8 Å². The predicted molar refractivity (Wildman–Crippen MR) is 195 cm³/mol. The lowest BCUT2D eigenvalue weighted by atomic mass is 10.0. The van der Waals surface area contributed by atoms with Gasteiger partial charge in [0.2, 0.25) is 11.8 Å². The Kier molecular flexibility index (Phi) is 21.7. The van der Waals surface area contributed by atoms with Crippen molar-refractivity contribution in [2.75, 3.05) is 24.7 Å². The summed E-state index contributed by atoms with van der Waals surface area (Å²) < 4.78 is 0. The van der Waals surface area contributed by atoms with E-state index in [1.807, 2.05) is 52.2 Å². The summed E-state index contributed by atoms with van der Waals surface area (Å²) in [6, 6.07) is 13.1. The second-order valence-corrected chi connectivity index (χ2v) is 11.7. The van der Waals surface area contributed by atoms with Crippen molar-refractivity contribution >= 4 is 47.3 Å². The Hall–Kier alpha value is -4.44. The quantitative estimate of drug-likeness (QED) is 0.129. The van der Waals surface area contributed by atoms with Crippen molar-refractivity contribution in [2.24, 2.45) is 0 Å². The van der Waals surface area contributed by atoms with E-state index in [-0.39, 0.29) is 11.8 Å². The third-order valence-corrected chi connectivity index (χ3v) is 7.23. The van der Waals surface area contributed by atoms with Crippen LogP contribution in [-0.2, 0) is 19.2 Å². The summed E-state index contributed by atoms with van der Waals surface area (Å²) in [6.45, 7) is 11.3. The molecule has 0 saturated heterocycles. The molecular weight excluding hydrogens is 648 g/mol. The van der Waals surface area contributed by atoms with E-state index in [9.17, 15) is 19.2 Å². The average molecular weight is 703 g/mol. The molecule has 2 aromatic carbocycles. The largest absolute Gasteiger partial charge is 0.479 e. The highest BCUT2D eigenvalue weighted by atomic mass is 16.4. The summed E-state index contributed by atoms with van der Waals surface area (Å²) in [7, 11) is 3.92. The van der Waals surface area contributed by atoms with E-state index in [0.29, 0.717) is 12.1 Å². The summed E-state index contributed by atoms with van der Waals surface area (Å²) in [5, 5.41) is 63.5. The molecule has 14 nitrogen and oxygen atoms in total. The van der Waals surface area contributed by atoms with Crippen LogP contribution in [-0.4, -0.2) is 105 Å². The Morgan fingerprint density at radius 2 is 0.960 bits per heavy atom. The summed E-state index contributed by atoms with van der Waals surface area (Å²) in [5.74, 6) is -3.76. The minimum atomic E-state index is -2.36. The first-order valence-electron chi connectivity index (χ1n) is 16.0. The van der Waals surface area contributed by atoms with E-state index < -0.39 is 36.4 Å². The minimum absolute atomic E-state index is 0.0389. The summed E-state index contributed by atoms with van der Waals surface area (Å²) in [4.78, 5) is 42.3. The van der Waals surface area contributed by atoms with Gasteiger partial charge in [0.1, 0.15) is 12.2 Å². The van der Waals surface area contributed by atoms with Gasteiger partial charge in [0, 0.05) is 37.3 Å². The zero-order valence-corrected chi connectivity index (χ0v) is 30.0. The van der Waals surface area contributed by atoms with Crippen LogP contribution in [0.4, 0.5) is 11.4 Å². The molecule has 0 spiro atoms. The van der Waals surface area contributed by atoms with Gasteiger partial charge in [-0.1, -0.05) is 48.6 Å². The first-order valence-corrected chi connectivity index (χ1v) is 16.0. The van der Waals surface area contributed by atoms with Gasteiger partial charge in [0.05, 0.1) is 0 Å². The van der Waals surface area contributed by atoms with Crippen molar-refractivity contribution in [1.82, 2.24) is 10.6 Å². The van der Waals surface area contributed by atoms with Crippen LogP contribution in [0.1, 0.15) is 62.8 Å². The van der Waals surface area contributed by atoms with Gasteiger partial charge < -0.3 is 51.9 Å². The van der Waals surface area contributed by atoms with Gasteiger partial charge in [-0.3, -0.25) is 9.59 Å². The number of amides is 2. The number of anilines is 2. The maximum Gasteiger partial charge on any atom is 0.335 e. The summed E-state index contributed by atoms with van der Waals surface area (Å²) in [6.07, 6.45) is 1.14. The first-order chi connectivity index (χ1) is 23.3. The highest BCUT2D eigenvalue weighted by Gasteiger charge is 2.37. The van der Waals surface area contributed by atoms with E-state index in [2.05, 4.69) is 71.6 Å². The van der Waals surface area contributed by atoms with Crippen LogP contribution in [0.15, 0.2) is 48.6 Å². The topological polar surface area (TPSA) is 238 Å². The number of aliphatic carboxylic acids is 2. The highest BCUT2D eigenvalue weighted by Crippen LogP contribution is 2.19. The number of hydrogen-bond donors (Lipinski definition) is 10. The van der Waals surface area contributed by atoms with Crippen LogP contribution < -0.4 is 21.3 Å². The molecule has 2 amide bonds. The third-order valence-electron chi connectivity index (χ3n) is 7.23. The van der Waals surface area contributed by atoms with E-state index in [4.69, 9.17) is 30.6 Å². The second kappa shape index (κ2) is 23.8. The Labute approximate surface area is 293 Å². The molecule has 2 unspecified atom stereocenters. The standard InChI is InChI=1S/2C15H22N2O.C6H10O8/c2*1-11-8-9-14(7-5-6-12(2)16-4)10-15(11)17-13(3)18;7-1(3(9)5(11)12)2(8)4(10)6(13)14/h2*5,7-10,12,16H,6H2,1-4H3,(H,17,18);1-4,7-10H,(H,11,12)(H,13,14)/b2*7-5+;/t;;1-,2+,3+,4-. The van der Waals surface area contributed by atoms with Gasteiger partial charge in [-0.05, 0) is 89.0 Å². The fourth-order valence-electron chi connectivity index (χ4n) is 3.85. The molecule has 14 heteroatoms. The van der Waals surface area contributed by atoms with E-state index >= 15 is 0 Å². The third kappa shape index (κ3) is 18.4. The molecule has 10 N–H and O–H groups in total. The number of carboxylic acids is 2. The molecule has 6 atom stereocenters. The van der Waals surface area contributed by atoms with Gasteiger partial charge in [0.25, 0.3) is 0 Å². The number of carbonyl (C=O) groups is 4. The van der Waals surface area contributed by atoms with Gasteiger partial charge in [-0.2, -0.15) is 0 Å². The molecule has 0 saturated carbocycles. The van der Waals surface area contributed by atoms with Gasteiger partial charge in [-0.15, -0.1) is 0 Å². The van der Waals surface area contributed by atoms with Crippen LogP contribution in [0, 0.1) is 13.8 Å². The lowest BCUT2D eigenvalue weighted by Gasteiger charge is -2.21. The smallest absolute Gasteiger partial charge is 0.335 e. The zero-order valence-electron chi connectivity index (χ0n) is 30.0. The fraction of sp³-hybridized carbons (Fsp3) is 0.444. The maximum atomic E-state index is 11.1. The maximum absolute atomic E-state index is 11.1. The van der Waals surface area contributed by atoms with Crippen molar-refractivity contribution in [3.8, 4) is 0 Å². The second-order valence-electron chi connectivity index (χ2n) is 11.7. The van der Waals surface area contributed by atoms with E-state index in [1.165, 1.54) is 13.8 Å². The van der Waals surface area contributed by atoms with Crippen LogP contribution in [0.5, 0.6) is 0 Å². The predicted octanol–water partition coefficient (Wildman–Crippen LogP) is 2.53. The number of carbonyl (C=O) groups excluding carboxylic acids is 2. The number of hydrogen-bond acceptors (Lipinski definition) is 10.